The Morgan fingerprint density at radius 1 is 1.21 bits per heavy atom. The summed E-state index contributed by atoms with van der Waals surface area (Å²) in [6.07, 6.45) is 5.08. The van der Waals surface area contributed by atoms with Crippen molar-refractivity contribution < 1.29 is 19.1 Å². The van der Waals surface area contributed by atoms with E-state index >= 15 is 0 Å². The van der Waals surface area contributed by atoms with Crippen LogP contribution in [0.1, 0.15) is 59.3 Å². The highest BCUT2D eigenvalue weighted by Crippen LogP contribution is 2.20. The molecule has 1 rings (SSSR count). The number of ether oxygens (including phenoxy) is 2. The normalized spacial score (nSPS) is 18.7. The molecule has 0 aromatic carbocycles. The molecule has 0 radical (unpaired) electrons. The standard InChI is InChI=1S/C14H25NO4/c1-14(2,3)19-13(17)11(15)9-12(16)18-10-7-5-4-6-8-10/h10-11H,4-9,15H2,1-3H3. The predicted molar refractivity (Wildman–Crippen MR) is 71.4 cm³/mol. The molecule has 0 amide bonds. The molecule has 0 aromatic heterocycles. The van der Waals surface area contributed by atoms with E-state index in [1.54, 1.807) is 20.8 Å². The third-order valence-corrected chi connectivity index (χ3v) is 2.95. The highest BCUT2D eigenvalue weighted by molar-refractivity contribution is 5.82. The summed E-state index contributed by atoms with van der Waals surface area (Å²) < 4.78 is 10.4. The lowest BCUT2D eigenvalue weighted by atomic mass is 9.98. The molecule has 1 unspecified atom stereocenters. The van der Waals surface area contributed by atoms with Crippen LogP contribution in [0.2, 0.25) is 0 Å². The summed E-state index contributed by atoms with van der Waals surface area (Å²) in [4.78, 5) is 23.3. The van der Waals surface area contributed by atoms with Crippen molar-refractivity contribution in [3.8, 4) is 0 Å². The summed E-state index contributed by atoms with van der Waals surface area (Å²) in [7, 11) is 0. The molecule has 1 saturated carbocycles. The molecule has 19 heavy (non-hydrogen) atoms. The zero-order chi connectivity index (χ0) is 14.5. The van der Waals surface area contributed by atoms with Gasteiger partial charge in [-0.05, 0) is 46.5 Å². The lowest BCUT2D eigenvalue weighted by molar-refractivity contribution is -0.161. The fourth-order valence-corrected chi connectivity index (χ4v) is 2.06. The monoisotopic (exact) mass is 271 g/mol. The molecule has 1 aliphatic rings. The van der Waals surface area contributed by atoms with E-state index in [0.717, 1.165) is 25.7 Å². The second-order valence-corrected chi connectivity index (χ2v) is 6.09. The highest BCUT2D eigenvalue weighted by atomic mass is 16.6. The Labute approximate surface area is 114 Å². The van der Waals surface area contributed by atoms with Gasteiger partial charge in [0.05, 0.1) is 6.42 Å². The summed E-state index contributed by atoms with van der Waals surface area (Å²) >= 11 is 0. The number of esters is 2. The first-order chi connectivity index (χ1) is 8.78. The minimum absolute atomic E-state index is 0.00733. The van der Waals surface area contributed by atoms with Gasteiger partial charge >= 0.3 is 11.9 Å². The molecule has 5 nitrogen and oxygen atoms in total. The first-order valence-electron chi connectivity index (χ1n) is 6.96. The van der Waals surface area contributed by atoms with Gasteiger partial charge in [-0.1, -0.05) is 6.42 Å². The van der Waals surface area contributed by atoms with Gasteiger partial charge in [-0.25, -0.2) is 0 Å². The first kappa shape index (κ1) is 16.0. The third-order valence-electron chi connectivity index (χ3n) is 2.95. The maximum absolute atomic E-state index is 11.7. The Bertz CT molecular complexity index is 316. The molecule has 1 fully saturated rings. The predicted octanol–water partition coefficient (Wildman–Crippen LogP) is 1.92. The van der Waals surface area contributed by atoms with Gasteiger partial charge in [-0.3, -0.25) is 9.59 Å². The van der Waals surface area contributed by atoms with E-state index in [1.165, 1.54) is 6.42 Å². The van der Waals surface area contributed by atoms with Crippen LogP contribution in [0, 0.1) is 0 Å². The molecule has 0 spiro atoms. The number of carbonyl (C=O) groups is 2. The van der Waals surface area contributed by atoms with E-state index < -0.39 is 23.6 Å². The van der Waals surface area contributed by atoms with Crippen LogP contribution in [0.4, 0.5) is 0 Å². The topological polar surface area (TPSA) is 78.6 Å². The van der Waals surface area contributed by atoms with Gasteiger partial charge in [-0.15, -0.1) is 0 Å². The first-order valence-corrected chi connectivity index (χ1v) is 6.96. The Morgan fingerprint density at radius 2 is 1.79 bits per heavy atom. The Kier molecular flexibility index (Phi) is 5.79. The van der Waals surface area contributed by atoms with Gasteiger partial charge < -0.3 is 15.2 Å². The molecule has 0 bridgehead atoms. The van der Waals surface area contributed by atoms with Gasteiger partial charge in [0, 0.05) is 0 Å². The summed E-state index contributed by atoms with van der Waals surface area (Å²) in [6.45, 7) is 5.29. The smallest absolute Gasteiger partial charge is 0.324 e. The fourth-order valence-electron chi connectivity index (χ4n) is 2.06. The van der Waals surface area contributed by atoms with Crippen molar-refractivity contribution in [1.29, 1.82) is 0 Å². The second-order valence-electron chi connectivity index (χ2n) is 6.09. The summed E-state index contributed by atoms with van der Waals surface area (Å²) in [6, 6.07) is -0.949. The molecule has 0 heterocycles. The molecule has 1 aliphatic carbocycles. The minimum atomic E-state index is -0.949. The zero-order valence-corrected chi connectivity index (χ0v) is 12.1. The van der Waals surface area contributed by atoms with E-state index in [4.69, 9.17) is 15.2 Å². The van der Waals surface area contributed by atoms with Crippen molar-refractivity contribution in [2.45, 2.75) is 77.0 Å². The van der Waals surface area contributed by atoms with E-state index in [0.29, 0.717) is 0 Å². The molecular formula is C14H25NO4. The van der Waals surface area contributed by atoms with Crippen LogP contribution >= 0.6 is 0 Å². The molecule has 0 saturated heterocycles. The number of hydrogen-bond acceptors (Lipinski definition) is 5. The molecule has 110 valence electrons. The Morgan fingerprint density at radius 3 is 2.32 bits per heavy atom. The largest absolute Gasteiger partial charge is 0.462 e. The van der Waals surface area contributed by atoms with Crippen molar-refractivity contribution in [1.82, 2.24) is 0 Å². The zero-order valence-electron chi connectivity index (χ0n) is 12.1. The van der Waals surface area contributed by atoms with Crippen LogP contribution in [0.3, 0.4) is 0 Å². The summed E-state index contributed by atoms with van der Waals surface area (Å²) in [5.74, 6) is -0.974. The summed E-state index contributed by atoms with van der Waals surface area (Å²) in [5, 5.41) is 0. The van der Waals surface area contributed by atoms with E-state index in [2.05, 4.69) is 0 Å². The van der Waals surface area contributed by atoms with Crippen molar-refractivity contribution in [3.63, 3.8) is 0 Å². The van der Waals surface area contributed by atoms with Crippen LogP contribution in [-0.2, 0) is 19.1 Å². The maximum atomic E-state index is 11.7. The van der Waals surface area contributed by atoms with Crippen LogP contribution in [-0.4, -0.2) is 29.7 Å². The molecule has 1 atom stereocenters. The SMILES string of the molecule is CC(C)(C)OC(=O)C(N)CC(=O)OC1CCCCC1. The van der Waals surface area contributed by atoms with Crippen molar-refractivity contribution in [3.05, 3.63) is 0 Å². The third kappa shape index (κ3) is 6.57. The number of carbonyl (C=O) groups excluding carboxylic acids is 2. The minimum Gasteiger partial charge on any atom is -0.462 e. The van der Waals surface area contributed by atoms with E-state index in [9.17, 15) is 9.59 Å². The average Bonchev–Trinajstić information content (AvgIpc) is 2.27. The Hall–Kier alpha value is -1.10. The van der Waals surface area contributed by atoms with E-state index in [-0.39, 0.29) is 12.5 Å². The number of nitrogens with two attached hydrogens (primary N) is 1. The number of rotatable bonds is 4. The summed E-state index contributed by atoms with van der Waals surface area (Å²) in [5.41, 5.74) is 5.06. The number of hydrogen-bond donors (Lipinski definition) is 1. The molecular weight excluding hydrogens is 246 g/mol. The van der Waals surface area contributed by atoms with Gasteiger partial charge in [0.15, 0.2) is 0 Å². The average molecular weight is 271 g/mol. The van der Waals surface area contributed by atoms with Gasteiger partial charge in [0.2, 0.25) is 0 Å². The highest BCUT2D eigenvalue weighted by Gasteiger charge is 2.26. The lowest BCUT2D eigenvalue weighted by Gasteiger charge is -2.24. The maximum Gasteiger partial charge on any atom is 0.324 e. The van der Waals surface area contributed by atoms with Crippen molar-refractivity contribution >= 4 is 11.9 Å². The van der Waals surface area contributed by atoms with Gasteiger partial charge in [0.25, 0.3) is 0 Å². The van der Waals surface area contributed by atoms with Crippen LogP contribution in [0.15, 0.2) is 0 Å². The lowest BCUT2D eigenvalue weighted by Crippen LogP contribution is -2.39. The van der Waals surface area contributed by atoms with Gasteiger partial charge in [0.1, 0.15) is 17.7 Å². The van der Waals surface area contributed by atoms with Gasteiger partial charge in [-0.2, -0.15) is 0 Å². The molecule has 0 aromatic rings. The molecule has 2 N–H and O–H groups in total. The Balaban J connectivity index is 2.32. The van der Waals surface area contributed by atoms with Crippen LogP contribution in [0.25, 0.3) is 0 Å². The van der Waals surface area contributed by atoms with Crippen LogP contribution in [0.5, 0.6) is 0 Å². The molecule has 5 heteroatoms. The van der Waals surface area contributed by atoms with E-state index in [1.807, 2.05) is 0 Å². The second kappa shape index (κ2) is 6.89. The quantitative estimate of drug-likeness (QED) is 0.790. The molecule has 0 aliphatic heterocycles. The van der Waals surface area contributed by atoms with Crippen molar-refractivity contribution in [2.24, 2.45) is 5.73 Å². The van der Waals surface area contributed by atoms with Crippen molar-refractivity contribution in [2.75, 3.05) is 0 Å². The van der Waals surface area contributed by atoms with Crippen LogP contribution < -0.4 is 5.73 Å². The fraction of sp³-hybridized carbons (Fsp3) is 0.857.